The van der Waals surface area contributed by atoms with E-state index in [1.165, 1.54) is 10.8 Å². The number of hydrogen-bond donors (Lipinski definition) is 2. The van der Waals surface area contributed by atoms with E-state index in [0.717, 1.165) is 16.2 Å². The molecule has 0 unspecified atom stereocenters. The van der Waals surface area contributed by atoms with Crippen molar-refractivity contribution in [3.63, 3.8) is 0 Å². The first kappa shape index (κ1) is 10.0. The summed E-state index contributed by atoms with van der Waals surface area (Å²) in [5.74, 6) is 0. The first-order valence-corrected chi connectivity index (χ1v) is 5.54. The van der Waals surface area contributed by atoms with E-state index in [1.807, 2.05) is 0 Å². The Balaban J connectivity index is 3.01. The summed E-state index contributed by atoms with van der Waals surface area (Å²) in [5.41, 5.74) is 0. The van der Waals surface area contributed by atoms with Gasteiger partial charge in [0, 0.05) is 4.88 Å². The van der Waals surface area contributed by atoms with E-state index in [1.54, 1.807) is 13.0 Å². The zero-order chi connectivity index (χ0) is 10.1. The fourth-order valence-corrected chi connectivity index (χ4v) is 2.85. The van der Waals surface area contributed by atoms with E-state index in [4.69, 9.17) is 5.11 Å². The lowest BCUT2D eigenvalue weighted by molar-refractivity contribution is 0.201. The standard InChI is InChI=1S/C6H7NO4S2/c1-4-2-3-5(12-4)13(10,11)7-6(8)9/h2-3,7H,1H3,(H,8,9). The maximum Gasteiger partial charge on any atom is 0.418 e. The average Bonchev–Trinajstić information content (AvgIpc) is 2.32. The molecule has 1 amide bonds. The SMILES string of the molecule is Cc1ccc(S(=O)(=O)NC(=O)O)s1. The number of carboxylic acid groups (broad SMARTS) is 1. The second kappa shape index (κ2) is 3.35. The maximum absolute atomic E-state index is 11.2. The van der Waals surface area contributed by atoms with Crippen LogP contribution in [0, 0.1) is 6.92 Å². The number of rotatable bonds is 2. The summed E-state index contributed by atoms with van der Waals surface area (Å²) in [7, 11) is -3.87. The number of carbonyl (C=O) groups is 1. The number of thiophene rings is 1. The van der Waals surface area contributed by atoms with Gasteiger partial charge < -0.3 is 5.11 Å². The second-order valence-electron chi connectivity index (χ2n) is 2.28. The molecule has 72 valence electrons. The maximum atomic E-state index is 11.2. The van der Waals surface area contributed by atoms with E-state index in [0.29, 0.717) is 0 Å². The summed E-state index contributed by atoms with van der Waals surface area (Å²) >= 11 is 1.02. The quantitative estimate of drug-likeness (QED) is 0.780. The van der Waals surface area contributed by atoms with Crippen molar-refractivity contribution in [3.8, 4) is 0 Å². The third-order valence-electron chi connectivity index (χ3n) is 1.20. The number of hydrogen-bond acceptors (Lipinski definition) is 4. The van der Waals surface area contributed by atoms with Gasteiger partial charge in [0.25, 0.3) is 10.0 Å². The van der Waals surface area contributed by atoms with Crippen LogP contribution in [-0.4, -0.2) is 19.6 Å². The first-order chi connectivity index (χ1) is 5.92. The van der Waals surface area contributed by atoms with Gasteiger partial charge in [-0.3, -0.25) is 0 Å². The molecule has 0 bridgehead atoms. The molecule has 0 aliphatic carbocycles. The Hall–Kier alpha value is -1.08. The lowest BCUT2D eigenvalue weighted by Gasteiger charge is -1.98. The fourth-order valence-electron chi connectivity index (χ4n) is 0.722. The minimum atomic E-state index is -3.87. The van der Waals surface area contributed by atoms with Crippen LogP contribution >= 0.6 is 11.3 Å². The topological polar surface area (TPSA) is 83.5 Å². The molecule has 1 heterocycles. The summed E-state index contributed by atoms with van der Waals surface area (Å²) in [5, 5.41) is 8.23. The zero-order valence-electron chi connectivity index (χ0n) is 6.64. The van der Waals surface area contributed by atoms with Gasteiger partial charge in [0.1, 0.15) is 4.21 Å². The van der Waals surface area contributed by atoms with Gasteiger partial charge >= 0.3 is 6.09 Å². The molecule has 7 heteroatoms. The van der Waals surface area contributed by atoms with Crippen LogP contribution in [-0.2, 0) is 10.0 Å². The summed E-state index contributed by atoms with van der Waals surface area (Å²) in [6.45, 7) is 1.74. The van der Waals surface area contributed by atoms with E-state index in [2.05, 4.69) is 0 Å². The number of nitrogens with one attached hydrogen (secondary N) is 1. The average molecular weight is 221 g/mol. The smallest absolute Gasteiger partial charge is 0.418 e. The van der Waals surface area contributed by atoms with Crippen LogP contribution in [0.1, 0.15) is 4.88 Å². The molecule has 0 saturated heterocycles. The summed E-state index contributed by atoms with van der Waals surface area (Å²) in [6, 6.07) is 2.98. The van der Waals surface area contributed by atoms with E-state index < -0.39 is 16.1 Å². The largest absolute Gasteiger partial charge is 0.464 e. The van der Waals surface area contributed by atoms with Crippen molar-refractivity contribution < 1.29 is 18.3 Å². The van der Waals surface area contributed by atoms with Gasteiger partial charge in [-0.1, -0.05) is 0 Å². The van der Waals surface area contributed by atoms with Gasteiger partial charge in [-0.05, 0) is 19.1 Å². The second-order valence-corrected chi connectivity index (χ2v) is 5.47. The molecule has 0 saturated carbocycles. The molecule has 2 N–H and O–H groups in total. The molecule has 5 nitrogen and oxygen atoms in total. The molecule has 0 aliphatic rings. The normalized spacial score (nSPS) is 11.2. The predicted octanol–water partition coefficient (Wildman–Crippen LogP) is 1.01. The Morgan fingerprint density at radius 2 is 2.15 bits per heavy atom. The molecular formula is C6H7NO4S2. The van der Waals surface area contributed by atoms with Crippen molar-refractivity contribution in [2.45, 2.75) is 11.1 Å². The minimum Gasteiger partial charge on any atom is -0.464 e. The highest BCUT2D eigenvalue weighted by molar-refractivity contribution is 7.92. The monoisotopic (exact) mass is 221 g/mol. The van der Waals surface area contributed by atoms with E-state index in [-0.39, 0.29) is 4.21 Å². The molecule has 1 aromatic heterocycles. The lowest BCUT2D eigenvalue weighted by Crippen LogP contribution is -2.28. The third-order valence-corrected chi connectivity index (χ3v) is 4.01. The highest BCUT2D eigenvalue weighted by Crippen LogP contribution is 2.19. The van der Waals surface area contributed by atoms with Gasteiger partial charge in [-0.25, -0.2) is 17.9 Å². The molecule has 0 aliphatic heterocycles. The Morgan fingerprint density at radius 1 is 1.54 bits per heavy atom. The van der Waals surface area contributed by atoms with Gasteiger partial charge in [0.2, 0.25) is 0 Å². The zero-order valence-corrected chi connectivity index (χ0v) is 8.28. The van der Waals surface area contributed by atoms with Crippen molar-refractivity contribution in [3.05, 3.63) is 17.0 Å². The molecular weight excluding hydrogens is 214 g/mol. The molecule has 0 radical (unpaired) electrons. The van der Waals surface area contributed by atoms with Crippen molar-refractivity contribution in [1.29, 1.82) is 0 Å². The van der Waals surface area contributed by atoms with Crippen LogP contribution in [0.25, 0.3) is 0 Å². The van der Waals surface area contributed by atoms with Crippen molar-refractivity contribution in [2.24, 2.45) is 0 Å². The van der Waals surface area contributed by atoms with E-state index >= 15 is 0 Å². The van der Waals surface area contributed by atoms with Gasteiger partial charge in [-0.15, -0.1) is 11.3 Å². The Morgan fingerprint density at radius 3 is 2.54 bits per heavy atom. The van der Waals surface area contributed by atoms with Crippen molar-refractivity contribution in [2.75, 3.05) is 0 Å². The Bertz CT molecular complexity index is 420. The van der Waals surface area contributed by atoms with Crippen LogP contribution in [0.15, 0.2) is 16.3 Å². The van der Waals surface area contributed by atoms with Crippen molar-refractivity contribution in [1.82, 2.24) is 4.72 Å². The predicted molar refractivity (Wildman–Crippen MR) is 47.4 cm³/mol. The van der Waals surface area contributed by atoms with Crippen LogP contribution in [0.4, 0.5) is 4.79 Å². The van der Waals surface area contributed by atoms with E-state index in [9.17, 15) is 13.2 Å². The Kier molecular flexibility index (Phi) is 2.58. The molecule has 0 aromatic carbocycles. The summed E-state index contributed by atoms with van der Waals surface area (Å²) < 4.78 is 23.8. The van der Waals surface area contributed by atoms with Crippen LogP contribution in [0.5, 0.6) is 0 Å². The van der Waals surface area contributed by atoms with Crippen LogP contribution in [0.2, 0.25) is 0 Å². The summed E-state index contributed by atoms with van der Waals surface area (Å²) in [6.07, 6.45) is -1.58. The summed E-state index contributed by atoms with van der Waals surface area (Å²) in [4.78, 5) is 10.9. The van der Waals surface area contributed by atoms with Crippen LogP contribution < -0.4 is 4.72 Å². The molecule has 0 atom stereocenters. The highest BCUT2D eigenvalue weighted by Gasteiger charge is 2.18. The van der Waals surface area contributed by atoms with Gasteiger partial charge in [0.15, 0.2) is 0 Å². The Labute approximate surface area is 79.1 Å². The molecule has 13 heavy (non-hydrogen) atoms. The molecule has 1 aromatic rings. The van der Waals surface area contributed by atoms with Crippen LogP contribution in [0.3, 0.4) is 0 Å². The molecule has 0 fully saturated rings. The fraction of sp³-hybridized carbons (Fsp3) is 0.167. The first-order valence-electron chi connectivity index (χ1n) is 3.24. The minimum absolute atomic E-state index is 0.00685. The molecule has 0 spiro atoms. The van der Waals surface area contributed by atoms with Gasteiger partial charge in [0.05, 0.1) is 0 Å². The number of amides is 1. The highest BCUT2D eigenvalue weighted by atomic mass is 32.2. The van der Waals surface area contributed by atoms with Gasteiger partial charge in [-0.2, -0.15) is 0 Å². The third kappa shape index (κ3) is 2.43. The number of sulfonamides is 1. The number of aryl methyl sites for hydroxylation is 1. The molecule has 1 rings (SSSR count). The van der Waals surface area contributed by atoms with Crippen molar-refractivity contribution >= 4 is 27.5 Å². The lowest BCUT2D eigenvalue weighted by atomic mass is 10.5.